The summed E-state index contributed by atoms with van der Waals surface area (Å²) in [6.07, 6.45) is 0. The monoisotopic (exact) mass is 289 g/mol. The minimum atomic E-state index is -1.13. The summed E-state index contributed by atoms with van der Waals surface area (Å²) in [4.78, 5) is 37.1. The van der Waals surface area contributed by atoms with E-state index < -0.39 is 17.5 Å². The summed E-state index contributed by atoms with van der Waals surface area (Å²) < 4.78 is 0. The number of carbonyl (C=O) groups excluding carboxylic acids is 3. The second kappa shape index (κ2) is 5.55. The summed E-state index contributed by atoms with van der Waals surface area (Å²) in [6.45, 7) is 5.57. The number of nitrogens with one attached hydrogen (secondary N) is 2. The number of carbonyl (C=O) groups is 3. The quantitative estimate of drug-likeness (QED) is 0.808. The first kappa shape index (κ1) is 15.0. The van der Waals surface area contributed by atoms with Crippen LogP contribution in [0.25, 0.3) is 0 Å². The van der Waals surface area contributed by atoms with Crippen molar-refractivity contribution in [2.45, 2.75) is 26.3 Å². The van der Waals surface area contributed by atoms with Crippen molar-refractivity contribution >= 4 is 17.8 Å². The molecule has 1 aromatic rings. The fourth-order valence-corrected chi connectivity index (χ4v) is 2.32. The molecule has 1 aromatic carbocycles. The van der Waals surface area contributed by atoms with Crippen LogP contribution in [0.15, 0.2) is 24.3 Å². The predicted molar refractivity (Wildman–Crippen MR) is 77.5 cm³/mol. The fourth-order valence-electron chi connectivity index (χ4n) is 2.32. The molecule has 112 valence electrons. The average molecular weight is 289 g/mol. The van der Waals surface area contributed by atoms with Crippen molar-refractivity contribution in [1.82, 2.24) is 15.5 Å². The topological polar surface area (TPSA) is 78.5 Å². The number of imide groups is 1. The normalized spacial score (nSPS) is 21.4. The Morgan fingerprint density at radius 1 is 1.29 bits per heavy atom. The molecular formula is C15H19N3O3. The van der Waals surface area contributed by atoms with Crippen LogP contribution in [0.4, 0.5) is 4.79 Å². The van der Waals surface area contributed by atoms with Crippen molar-refractivity contribution in [1.29, 1.82) is 0 Å². The first-order valence-corrected chi connectivity index (χ1v) is 6.86. The third-order valence-corrected chi connectivity index (χ3v) is 3.58. The van der Waals surface area contributed by atoms with Gasteiger partial charge in [0.2, 0.25) is 5.91 Å². The summed E-state index contributed by atoms with van der Waals surface area (Å²) in [6, 6.07) is 6.83. The summed E-state index contributed by atoms with van der Waals surface area (Å²) in [5.74, 6) is -0.767. The zero-order valence-corrected chi connectivity index (χ0v) is 12.4. The van der Waals surface area contributed by atoms with Gasteiger partial charge in [-0.1, -0.05) is 29.8 Å². The lowest BCUT2D eigenvalue weighted by Gasteiger charge is -2.22. The molecule has 0 bridgehead atoms. The molecular weight excluding hydrogens is 270 g/mol. The van der Waals surface area contributed by atoms with Crippen LogP contribution in [0.2, 0.25) is 0 Å². The molecule has 2 rings (SSSR count). The van der Waals surface area contributed by atoms with Gasteiger partial charge in [-0.2, -0.15) is 0 Å². The van der Waals surface area contributed by atoms with Gasteiger partial charge >= 0.3 is 6.03 Å². The van der Waals surface area contributed by atoms with Gasteiger partial charge in [-0.25, -0.2) is 4.79 Å². The van der Waals surface area contributed by atoms with Gasteiger partial charge in [0.05, 0.1) is 0 Å². The zero-order chi connectivity index (χ0) is 15.6. The van der Waals surface area contributed by atoms with E-state index in [0.29, 0.717) is 12.1 Å². The Balaban J connectivity index is 2.24. The minimum Gasteiger partial charge on any atom is -0.355 e. The summed E-state index contributed by atoms with van der Waals surface area (Å²) in [7, 11) is 0. The molecule has 0 unspecified atom stereocenters. The third-order valence-electron chi connectivity index (χ3n) is 3.58. The predicted octanol–water partition coefficient (Wildman–Crippen LogP) is 0.898. The van der Waals surface area contributed by atoms with E-state index in [1.54, 1.807) is 13.8 Å². The van der Waals surface area contributed by atoms with E-state index in [4.69, 9.17) is 0 Å². The van der Waals surface area contributed by atoms with Gasteiger partial charge in [0.1, 0.15) is 12.1 Å². The van der Waals surface area contributed by atoms with Gasteiger partial charge in [0, 0.05) is 6.54 Å². The number of hydrogen-bond acceptors (Lipinski definition) is 3. The number of benzene rings is 1. The SMILES string of the molecule is CCNC(=O)CN1C(=O)N[C@](C)(c2ccc(C)cc2)C1=O. The molecule has 1 aliphatic rings. The summed E-state index contributed by atoms with van der Waals surface area (Å²) in [5.41, 5.74) is 0.639. The smallest absolute Gasteiger partial charge is 0.325 e. The maximum atomic E-state index is 12.5. The highest BCUT2D eigenvalue weighted by Gasteiger charge is 2.49. The second-order valence-corrected chi connectivity index (χ2v) is 5.27. The molecule has 0 aliphatic carbocycles. The van der Waals surface area contributed by atoms with Gasteiger partial charge in [-0.05, 0) is 26.3 Å². The van der Waals surface area contributed by atoms with E-state index in [2.05, 4.69) is 10.6 Å². The minimum absolute atomic E-state index is 0.264. The molecule has 6 nitrogen and oxygen atoms in total. The molecule has 0 saturated carbocycles. The molecule has 4 amide bonds. The first-order valence-electron chi connectivity index (χ1n) is 6.86. The highest BCUT2D eigenvalue weighted by Crippen LogP contribution is 2.28. The first-order chi connectivity index (χ1) is 9.88. The summed E-state index contributed by atoms with van der Waals surface area (Å²) in [5, 5.41) is 5.25. The molecule has 1 fully saturated rings. The summed E-state index contributed by atoms with van der Waals surface area (Å²) >= 11 is 0. The van der Waals surface area contributed by atoms with Crippen LogP contribution in [0.5, 0.6) is 0 Å². The maximum Gasteiger partial charge on any atom is 0.325 e. The van der Waals surface area contributed by atoms with Crippen LogP contribution < -0.4 is 10.6 Å². The number of aryl methyl sites for hydroxylation is 1. The Morgan fingerprint density at radius 2 is 1.90 bits per heavy atom. The molecule has 2 N–H and O–H groups in total. The number of nitrogens with zero attached hydrogens (tertiary/aromatic N) is 1. The molecule has 1 aliphatic heterocycles. The van der Waals surface area contributed by atoms with Crippen molar-refractivity contribution in [3.8, 4) is 0 Å². The van der Waals surface area contributed by atoms with E-state index in [9.17, 15) is 14.4 Å². The Hall–Kier alpha value is -2.37. The van der Waals surface area contributed by atoms with Gasteiger partial charge in [-0.3, -0.25) is 14.5 Å². The van der Waals surface area contributed by atoms with Gasteiger partial charge in [0.15, 0.2) is 0 Å². The Kier molecular flexibility index (Phi) is 3.97. The number of likely N-dealkylation sites (N-methyl/N-ethyl adjacent to an activating group) is 1. The molecule has 21 heavy (non-hydrogen) atoms. The van der Waals surface area contributed by atoms with Crippen molar-refractivity contribution in [2.24, 2.45) is 0 Å². The fraction of sp³-hybridized carbons (Fsp3) is 0.400. The molecule has 1 saturated heterocycles. The molecule has 0 spiro atoms. The second-order valence-electron chi connectivity index (χ2n) is 5.27. The standard InChI is InChI=1S/C15H19N3O3/c1-4-16-12(19)9-18-13(20)15(3,17-14(18)21)11-7-5-10(2)6-8-11/h5-8H,4,9H2,1-3H3,(H,16,19)(H,17,21)/t15-/m1/s1. The van der Waals surface area contributed by atoms with Crippen molar-refractivity contribution < 1.29 is 14.4 Å². The molecule has 6 heteroatoms. The van der Waals surface area contributed by atoms with E-state index >= 15 is 0 Å². The average Bonchev–Trinajstić information content (AvgIpc) is 2.64. The Labute approximate surface area is 123 Å². The van der Waals surface area contributed by atoms with Crippen LogP contribution in [0, 0.1) is 6.92 Å². The van der Waals surface area contributed by atoms with Crippen molar-refractivity contribution in [3.63, 3.8) is 0 Å². The van der Waals surface area contributed by atoms with Gasteiger partial charge in [0.25, 0.3) is 5.91 Å². The van der Waals surface area contributed by atoms with Crippen LogP contribution in [0.3, 0.4) is 0 Å². The van der Waals surface area contributed by atoms with E-state index in [0.717, 1.165) is 10.5 Å². The number of amides is 4. The van der Waals surface area contributed by atoms with E-state index in [1.165, 1.54) is 0 Å². The van der Waals surface area contributed by atoms with E-state index in [1.807, 2.05) is 31.2 Å². The van der Waals surface area contributed by atoms with Crippen LogP contribution in [-0.4, -0.2) is 35.8 Å². The van der Waals surface area contributed by atoms with Crippen LogP contribution in [0.1, 0.15) is 25.0 Å². The number of rotatable bonds is 4. The largest absolute Gasteiger partial charge is 0.355 e. The molecule has 1 heterocycles. The molecule has 0 aromatic heterocycles. The van der Waals surface area contributed by atoms with Crippen molar-refractivity contribution in [3.05, 3.63) is 35.4 Å². The maximum absolute atomic E-state index is 12.5. The molecule has 0 radical (unpaired) electrons. The van der Waals surface area contributed by atoms with Crippen molar-refractivity contribution in [2.75, 3.05) is 13.1 Å². The lowest BCUT2D eigenvalue weighted by atomic mass is 9.91. The number of hydrogen-bond donors (Lipinski definition) is 2. The Morgan fingerprint density at radius 3 is 2.48 bits per heavy atom. The number of urea groups is 1. The Bertz CT molecular complexity index is 582. The van der Waals surface area contributed by atoms with Gasteiger partial charge < -0.3 is 10.6 Å². The third kappa shape index (κ3) is 2.74. The van der Waals surface area contributed by atoms with Crippen LogP contribution in [-0.2, 0) is 15.1 Å². The van der Waals surface area contributed by atoms with Crippen LogP contribution >= 0.6 is 0 Å². The lowest BCUT2D eigenvalue weighted by molar-refractivity contribution is -0.134. The lowest BCUT2D eigenvalue weighted by Crippen LogP contribution is -2.43. The molecule has 1 atom stereocenters. The van der Waals surface area contributed by atoms with E-state index in [-0.39, 0.29) is 12.5 Å². The zero-order valence-electron chi connectivity index (χ0n) is 12.4. The van der Waals surface area contributed by atoms with Gasteiger partial charge in [-0.15, -0.1) is 0 Å². The highest BCUT2D eigenvalue weighted by atomic mass is 16.2. The highest BCUT2D eigenvalue weighted by molar-refractivity contribution is 6.09.